The van der Waals surface area contributed by atoms with Crippen molar-refractivity contribution < 1.29 is 18.1 Å². The smallest absolute Gasteiger partial charge is 0.272 e. The van der Waals surface area contributed by atoms with Gasteiger partial charge in [0.15, 0.2) is 0 Å². The first-order valence-corrected chi connectivity index (χ1v) is 9.01. The zero-order valence-corrected chi connectivity index (χ0v) is 13.8. The van der Waals surface area contributed by atoms with Gasteiger partial charge in [-0.15, -0.1) is 0 Å². The molecular weight excluding hydrogens is 322 g/mol. The summed E-state index contributed by atoms with van der Waals surface area (Å²) in [6.45, 7) is 4.59. The Balaban J connectivity index is 2.30. The number of hydrogen-bond donors (Lipinski definition) is 1. The quantitative estimate of drug-likeness (QED) is 0.618. The van der Waals surface area contributed by atoms with Crippen molar-refractivity contribution in [2.24, 2.45) is 11.1 Å². The number of benzene rings is 1. The molecule has 128 valence electrons. The molecule has 0 aliphatic carbocycles. The van der Waals surface area contributed by atoms with Crippen LogP contribution >= 0.6 is 0 Å². The van der Waals surface area contributed by atoms with Gasteiger partial charge in [-0.2, -0.15) is 0 Å². The Morgan fingerprint density at radius 1 is 1.43 bits per heavy atom. The fourth-order valence-electron chi connectivity index (χ4n) is 2.74. The van der Waals surface area contributed by atoms with Gasteiger partial charge in [0.25, 0.3) is 5.69 Å². The van der Waals surface area contributed by atoms with Crippen LogP contribution in [0.15, 0.2) is 23.1 Å². The molecule has 23 heavy (non-hydrogen) atoms. The molecule has 1 unspecified atom stereocenters. The van der Waals surface area contributed by atoms with E-state index in [4.69, 9.17) is 9.88 Å². The zero-order chi connectivity index (χ0) is 17.0. The van der Waals surface area contributed by atoms with Gasteiger partial charge in [-0.3, -0.25) is 10.1 Å². The molecule has 1 fully saturated rings. The van der Waals surface area contributed by atoms with Crippen LogP contribution in [0.4, 0.5) is 11.4 Å². The monoisotopic (exact) mass is 343 g/mol. The summed E-state index contributed by atoms with van der Waals surface area (Å²) in [5.74, 6) is 0.320. The Kier molecular flexibility index (Phi) is 5.55. The number of primary sulfonamides is 1. The lowest BCUT2D eigenvalue weighted by Gasteiger charge is -2.34. The predicted octanol–water partition coefficient (Wildman–Crippen LogP) is 1.50. The second-order valence-corrected chi connectivity index (χ2v) is 7.16. The highest BCUT2D eigenvalue weighted by atomic mass is 32.2. The number of nitrogens with two attached hydrogens (primary N) is 1. The van der Waals surface area contributed by atoms with Gasteiger partial charge < -0.3 is 9.64 Å². The molecule has 9 heteroatoms. The number of rotatable bonds is 6. The lowest BCUT2D eigenvalue weighted by atomic mass is 9.98. The van der Waals surface area contributed by atoms with Gasteiger partial charge in [0, 0.05) is 37.5 Å². The first-order chi connectivity index (χ1) is 10.8. The summed E-state index contributed by atoms with van der Waals surface area (Å²) in [5.41, 5.74) is 0.225. The van der Waals surface area contributed by atoms with Crippen molar-refractivity contribution in [3.63, 3.8) is 0 Å². The molecule has 8 nitrogen and oxygen atoms in total. The van der Waals surface area contributed by atoms with Crippen LogP contribution in [0, 0.1) is 16.0 Å². The minimum absolute atomic E-state index is 0.242. The molecule has 2 rings (SSSR count). The van der Waals surface area contributed by atoms with E-state index in [1.54, 1.807) is 0 Å². The largest absolute Gasteiger partial charge is 0.381 e. The van der Waals surface area contributed by atoms with Crippen molar-refractivity contribution in [2.75, 3.05) is 31.2 Å². The molecule has 0 spiro atoms. The molecule has 1 heterocycles. The maximum absolute atomic E-state index is 11.6. The summed E-state index contributed by atoms with van der Waals surface area (Å²) in [5, 5.41) is 16.2. The number of nitrogens with zero attached hydrogens (tertiary/aromatic N) is 2. The van der Waals surface area contributed by atoms with Gasteiger partial charge in [0.05, 0.1) is 16.4 Å². The van der Waals surface area contributed by atoms with Crippen molar-refractivity contribution in [1.82, 2.24) is 0 Å². The Bertz CT molecular complexity index is 677. The minimum Gasteiger partial charge on any atom is -0.381 e. The third-order valence-corrected chi connectivity index (χ3v) is 4.75. The van der Waals surface area contributed by atoms with Crippen LogP contribution in [0.5, 0.6) is 0 Å². The maximum Gasteiger partial charge on any atom is 0.272 e. The van der Waals surface area contributed by atoms with Gasteiger partial charge in [-0.1, -0.05) is 0 Å². The molecule has 1 aliphatic heterocycles. The Hall–Kier alpha value is -1.71. The van der Waals surface area contributed by atoms with Crippen LogP contribution in [-0.4, -0.2) is 39.6 Å². The van der Waals surface area contributed by atoms with Crippen LogP contribution in [0.2, 0.25) is 0 Å². The molecule has 0 radical (unpaired) electrons. The number of hydrogen-bond acceptors (Lipinski definition) is 6. The summed E-state index contributed by atoms with van der Waals surface area (Å²) >= 11 is 0. The minimum atomic E-state index is -4.00. The highest BCUT2D eigenvalue weighted by Gasteiger charge is 2.24. The molecule has 1 aromatic carbocycles. The zero-order valence-electron chi connectivity index (χ0n) is 13.0. The van der Waals surface area contributed by atoms with Crippen LogP contribution in [-0.2, 0) is 14.8 Å². The Morgan fingerprint density at radius 2 is 2.17 bits per heavy atom. The van der Waals surface area contributed by atoms with E-state index < -0.39 is 14.9 Å². The first kappa shape index (κ1) is 17.6. The van der Waals surface area contributed by atoms with E-state index in [0.717, 1.165) is 18.9 Å². The Labute approximate surface area is 135 Å². The molecule has 2 N–H and O–H groups in total. The van der Waals surface area contributed by atoms with E-state index in [0.29, 0.717) is 37.9 Å². The van der Waals surface area contributed by atoms with Gasteiger partial charge in [-0.05, 0) is 31.7 Å². The SMILES string of the molecule is CCOCC1CCCN(c2cc([N+](=O)[O-])cc(S(N)(=O)=O)c2)C1. The summed E-state index contributed by atoms with van der Waals surface area (Å²) in [7, 11) is -4.00. The van der Waals surface area contributed by atoms with Crippen molar-refractivity contribution in [1.29, 1.82) is 0 Å². The molecular formula is C14H21N3O5S. The summed E-state index contributed by atoms with van der Waals surface area (Å²) < 4.78 is 28.6. The molecule has 0 aromatic heterocycles. The van der Waals surface area contributed by atoms with Crippen molar-refractivity contribution in [3.05, 3.63) is 28.3 Å². The molecule has 1 saturated heterocycles. The van der Waals surface area contributed by atoms with Gasteiger partial charge in [0.2, 0.25) is 10.0 Å². The first-order valence-electron chi connectivity index (χ1n) is 7.46. The molecule has 1 aromatic rings. The highest BCUT2D eigenvalue weighted by molar-refractivity contribution is 7.89. The van der Waals surface area contributed by atoms with Gasteiger partial charge >= 0.3 is 0 Å². The standard InChI is InChI=1S/C14H21N3O5S/c1-2-22-10-11-4-3-5-16(9-11)12-6-13(17(18)19)8-14(7-12)23(15,20)21/h6-8,11H,2-5,9-10H2,1H3,(H2,15,20,21). The second kappa shape index (κ2) is 7.24. The summed E-state index contributed by atoms with van der Waals surface area (Å²) in [6.07, 6.45) is 1.94. The number of nitro benzene ring substituents is 1. The van der Waals surface area contributed by atoms with E-state index in [-0.39, 0.29) is 10.6 Å². The molecule has 1 atom stereocenters. The normalized spacial score (nSPS) is 18.9. The third-order valence-electron chi connectivity index (χ3n) is 3.86. The number of nitro groups is 1. The van der Waals surface area contributed by atoms with E-state index in [1.807, 2.05) is 11.8 Å². The van der Waals surface area contributed by atoms with Crippen LogP contribution < -0.4 is 10.0 Å². The number of piperidine rings is 1. The summed E-state index contributed by atoms with van der Waals surface area (Å²) in [4.78, 5) is 12.2. The van der Waals surface area contributed by atoms with E-state index in [1.165, 1.54) is 12.1 Å². The average Bonchev–Trinajstić information content (AvgIpc) is 2.52. The number of ether oxygens (including phenoxy) is 1. The lowest BCUT2D eigenvalue weighted by molar-refractivity contribution is -0.385. The molecule has 0 saturated carbocycles. The molecule has 0 amide bonds. The number of non-ortho nitro benzene ring substituents is 1. The topological polar surface area (TPSA) is 116 Å². The van der Waals surface area contributed by atoms with E-state index >= 15 is 0 Å². The average molecular weight is 343 g/mol. The fourth-order valence-corrected chi connectivity index (χ4v) is 3.31. The number of anilines is 1. The van der Waals surface area contributed by atoms with Crippen molar-refractivity contribution in [2.45, 2.75) is 24.7 Å². The van der Waals surface area contributed by atoms with Gasteiger partial charge in [0.1, 0.15) is 0 Å². The van der Waals surface area contributed by atoms with E-state index in [2.05, 4.69) is 0 Å². The third kappa shape index (κ3) is 4.63. The van der Waals surface area contributed by atoms with Gasteiger partial charge in [-0.25, -0.2) is 13.6 Å². The van der Waals surface area contributed by atoms with E-state index in [9.17, 15) is 18.5 Å². The Morgan fingerprint density at radius 3 is 2.78 bits per heavy atom. The molecule has 1 aliphatic rings. The van der Waals surface area contributed by atoms with Crippen molar-refractivity contribution in [3.8, 4) is 0 Å². The van der Waals surface area contributed by atoms with Crippen molar-refractivity contribution >= 4 is 21.4 Å². The van der Waals surface area contributed by atoms with Crippen LogP contribution in [0.25, 0.3) is 0 Å². The summed E-state index contributed by atoms with van der Waals surface area (Å²) in [6, 6.07) is 3.77. The highest BCUT2D eigenvalue weighted by Crippen LogP contribution is 2.29. The predicted molar refractivity (Wildman–Crippen MR) is 85.9 cm³/mol. The maximum atomic E-state index is 11.6. The number of sulfonamides is 1. The van der Waals surface area contributed by atoms with Crippen LogP contribution in [0.3, 0.4) is 0 Å². The fraction of sp³-hybridized carbons (Fsp3) is 0.571. The second-order valence-electron chi connectivity index (χ2n) is 5.60. The lowest BCUT2D eigenvalue weighted by Crippen LogP contribution is -2.37. The van der Waals surface area contributed by atoms with Crippen LogP contribution in [0.1, 0.15) is 19.8 Å². The molecule has 0 bridgehead atoms.